The first-order valence-corrected chi connectivity index (χ1v) is 5.19. The predicted molar refractivity (Wildman–Crippen MR) is 60.8 cm³/mol. The Kier molecular flexibility index (Phi) is 1.96. The lowest BCUT2D eigenvalue weighted by Crippen LogP contribution is -1.90. The second kappa shape index (κ2) is 3.44. The lowest BCUT2D eigenvalue weighted by Gasteiger charge is -1.99. The van der Waals surface area contributed by atoms with Crippen LogP contribution >= 0.6 is 0 Å². The van der Waals surface area contributed by atoms with Crippen molar-refractivity contribution in [1.82, 2.24) is 24.7 Å². The first-order valence-electron chi connectivity index (χ1n) is 5.19. The zero-order valence-corrected chi connectivity index (χ0v) is 8.88. The number of imidazole rings is 1. The minimum atomic E-state index is 0.702. The van der Waals surface area contributed by atoms with Crippen molar-refractivity contribution in [2.75, 3.05) is 0 Å². The van der Waals surface area contributed by atoms with Gasteiger partial charge in [0.25, 0.3) is 0 Å². The summed E-state index contributed by atoms with van der Waals surface area (Å²) in [4.78, 5) is 8.48. The fraction of sp³-hybridized carbons (Fsp3) is 0.182. The Morgan fingerprint density at radius 3 is 3.00 bits per heavy atom. The molecule has 2 aromatic heterocycles. The van der Waals surface area contributed by atoms with Crippen LogP contribution in [0.1, 0.15) is 6.92 Å². The Balaban J connectivity index is 2.17. The molecule has 0 saturated carbocycles. The van der Waals surface area contributed by atoms with Crippen LogP contribution in [0, 0.1) is 0 Å². The van der Waals surface area contributed by atoms with Crippen LogP contribution in [-0.4, -0.2) is 24.7 Å². The van der Waals surface area contributed by atoms with Crippen molar-refractivity contribution in [1.29, 1.82) is 0 Å². The minimum Gasteiger partial charge on any atom is -0.331 e. The van der Waals surface area contributed by atoms with Crippen LogP contribution in [0.25, 0.3) is 22.4 Å². The van der Waals surface area contributed by atoms with Crippen molar-refractivity contribution in [2.45, 2.75) is 13.5 Å². The predicted octanol–water partition coefficient (Wildman–Crippen LogP) is 1.84. The molecule has 5 nitrogen and oxygen atoms in total. The number of nitrogens with zero attached hydrogens (tertiary/aromatic N) is 4. The van der Waals surface area contributed by atoms with Gasteiger partial charge in [-0.25, -0.2) is 9.97 Å². The van der Waals surface area contributed by atoms with Gasteiger partial charge in [0, 0.05) is 12.1 Å². The Bertz CT molecular complexity index is 608. The quantitative estimate of drug-likeness (QED) is 0.706. The van der Waals surface area contributed by atoms with Crippen LogP contribution in [-0.2, 0) is 6.54 Å². The van der Waals surface area contributed by atoms with E-state index in [2.05, 4.69) is 37.7 Å². The largest absolute Gasteiger partial charge is 0.331 e. The highest BCUT2D eigenvalue weighted by molar-refractivity contribution is 5.80. The third kappa shape index (κ3) is 1.29. The van der Waals surface area contributed by atoms with Crippen molar-refractivity contribution in [3.8, 4) is 11.4 Å². The molecule has 16 heavy (non-hydrogen) atoms. The molecule has 0 aliphatic heterocycles. The smallest absolute Gasteiger partial charge is 0.180 e. The highest BCUT2D eigenvalue weighted by atomic mass is 15.2. The Hall–Kier alpha value is -2.17. The Morgan fingerprint density at radius 2 is 2.25 bits per heavy atom. The van der Waals surface area contributed by atoms with Crippen LogP contribution in [0.15, 0.2) is 30.9 Å². The first-order chi connectivity index (χ1) is 7.88. The summed E-state index contributed by atoms with van der Waals surface area (Å²) >= 11 is 0. The van der Waals surface area contributed by atoms with E-state index < -0.39 is 0 Å². The van der Waals surface area contributed by atoms with Gasteiger partial charge in [0.15, 0.2) is 5.82 Å². The number of hydrogen-bond donors (Lipinski definition) is 1. The van der Waals surface area contributed by atoms with E-state index in [9.17, 15) is 0 Å². The molecule has 1 N–H and O–H groups in total. The van der Waals surface area contributed by atoms with Gasteiger partial charge in [0.05, 0.1) is 17.4 Å². The monoisotopic (exact) mass is 213 g/mol. The molecule has 0 unspecified atom stereocenters. The number of aryl methyl sites for hydroxylation is 1. The summed E-state index contributed by atoms with van der Waals surface area (Å²) in [6, 6.07) is 6.07. The fourth-order valence-electron chi connectivity index (χ4n) is 1.80. The van der Waals surface area contributed by atoms with E-state index in [1.807, 2.05) is 18.5 Å². The second-order valence-corrected chi connectivity index (χ2v) is 3.56. The Labute approximate surface area is 92.2 Å². The average Bonchev–Trinajstić information content (AvgIpc) is 2.97. The molecular weight excluding hydrogens is 202 g/mol. The van der Waals surface area contributed by atoms with Gasteiger partial charge in [-0.2, -0.15) is 5.10 Å². The molecule has 0 spiro atoms. The summed E-state index contributed by atoms with van der Waals surface area (Å²) in [5, 5.41) is 6.76. The van der Waals surface area contributed by atoms with Crippen molar-refractivity contribution < 1.29 is 0 Å². The van der Waals surface area contributed by atoms with Gasteiger partial charge in [0.2, 0.25) is 0 Å². The number of aromatic amines is 1. The summed E-state index contributed by atoms with van der Waals surface area (Å²) in [6.45, 7) is 3.03. The molecule has 0 fully saturated rings. The molecule has 0 bridgehead atoms. The number of aromatic nitrogens is 5. The maximum Gasteiger partial charge on any atom is 0.180 e. The van der Waals surface area contributed by atoms with Gasteiger partial charge in [-0.15, -0.1) is 0 Å². The van der Waals surface area contributed by atoms with E-state index in [1.54, 1.807) is 6.33 Å². The molecule has 0 amide bonds. The van der Waals surface area contributed by atoms with E-state index in [-0.39, 0.29) is 0 Å². The van der Waals surface area contributed by atoms with E-state index in [4.69, 9.17) is 0 Å². The summed E-state index contributed by atoms with van der Waals surface area (Å²) in [7, 11) is 0. The minimum absolute atomic E-state index is 0.702. The lowest BCUT2D eigenvalue weighted by atomic mass is 10.2. The summed E-state index contributed by atoms with van der Waals surface area (Å²) < 4.78 is 2.11. The molecule has 0 saturated heterocycles. The molecule has 3 rings (SSSR count). The van der Waals surface area contributed by atoms with Crippen LogP contribution in [0.2, 0.25) is 0 Å². The summed E-state index contributed by atoms with van der Waals surface area (Å²) in [6.07, 6.45) is 3.43. The first kappa shape index (κ1) is 9.08. The standard InChI is InChI=1S/C11H11N5/c1-2-16-7-13-9-5-8(3-4-10(9)16)11-12-6-14-15-11/h3-7H,2H2,1H3,(H,12,14,15). The van der Waals surface area contributed by atoms with E-state index in [0.29, 0.717) is 5.82 Å². The maximum absolute atomic E-state index is 4.36. The SMILES string of the molecule is CCn1cnc2cc(-c3nc[nH]n3)ccc21. The third-order valence-electron chi connectivity index (χ3n) is 2.63. The maximum atomic E-state index is 4.36. The Morgan fingerprint density at radius 1 is 1.31 bits per heavy atom. The van der Waals surface area contributed by atoms with Crippen molar-refractivity contribution >= 4 is 11.0 Å². The highest BCUT2D eigenvalue weighted by Gasteiger charge is 2.05. The number of nitrogens with one attached hydrogen (secondary N) is 1. The van der Waals surface area contributed by atoms with Crippen molar-refractivity contribution in [3.05, 3.63) is 30.9 Å². The zero-order chi connectivity index (χ0) is 11.0. The zero-order valence-electron chi connectivity index (χ0n) is 8.88. The molecule has 0 radical (unpaired) electrons. The van der Waals surface area contributed by atoms with Gasteiger partial charge in [-0.05, 0) is 25.1 Å². The van der Waals surface area contributed by atoms with Crippen LogP contribution in [0.5, 0.6) is 0 Å². The second-order valence-electron chi connectivity index (χ2n) is 3.56. The van der Waals surface area contributed by atoms with E-state index in [0.717, 1.165) is 23.1 Å². The summed E-state index contributed by atoms with van der Waals surface area (Å²) in [5.41, 5.74) is 3.10. The molecule has 80 valence electrons. The van der Waals surface area contributed by atoms with Crippen molar-refractivity contribution in [3.63, 3.8) is 0 Å². The molecule has 2 heterocycles. The average molecular weight is 213 g/mol. The number of hydrogen-bond acceptors (Lipinski definition) is 3. The van der Waals surface area contributed by atoms with Crippen molar-refractivity contribution in [2.24, 2.45) is 0 Å². The van der Waals surface area contributed by atoms with Gasteiger partial charge in [-0.3, -0.25) is 5.10 Å². The molecule has 5 heteroatoms. The van der Waals surface area contributed by atoms with Crippen LogP contribution in [0.3, 0.4) is 0 Å². The number of benzene rings is 1. The highest BCUT2D eigenvalue weighted by Crippen LogP contribution is 2.20. The topological polar surface area (TPSA) is 59.4 Å². The molecule has 3 aromatic rings. The van der Waals surface area contributed by atoms with Crippen LogP contribution in [0.4, 0.5) is 0 Å². The van der Waals surface area contributed by atoms with Gasteiger partial charge >= 0.3 is 0 Å². The summed E-state index contributed by atoms with van der Waals surface area (Å²) in [5.74, 6) is 0.702. The fourth-order valence-corrected chi connectivity index (χ4v) is 1.80. The lowest BCUT2D eigenvalue weighted by molar-refractivity contribution is 0.787. The molecule has 0 aliphatic carbocycles. The van der Waals surface area contributed by atoms with Gasteiger partial charge < -0.3 is 4.57 Å². The molecule has 1 aromatic carbocycles. The van der Waals surface area contributed by atoms with Crippen LogP contribution < -0.4 is 0 Å². The molecular formula is C11H11N5. The van der Waals surface area contributed by atoms with Gasteiger partial charge in [-0.1, -0.05) is 0 Å². The number of rotatable bonds is 2. The van der Waals surface area contributed by atoms with E-state index in [1.165, 1.54) is 0 Å². The normalized spacial score (nSPS) is 11.1. The molecule has 0 atom stereocenters. The third-order valence-corrected chi connectivity index (χ3v) is 2.63. The molecule has 0 aliphatic rings. The van der Waals surface area contributed by atoms with E-state index >= 15 is 0 Å². The number of fused-ring (bicyclic) bond motifs is 1. The van der Waals surface area contributed by atoms with Gasteiger partial charge in [0.1, 0.15) is 6.33 Å². The number of H-pyrrole nitrogens is 1.